The van der Waals surface area contributed by atoms with E-state index in [4.69, 9.17) is 0 Å². The van der Waals surface area contributed by atoms with Crippen LogP contribution in [0.3, 0.4) is 0 Å². The van der Waals surface area contributed by atoms with Crippen LogP contribution >= 0.6 is 0 Å². The molecule has 0 amide bonds. The molecule has 0 bridgehead atoms. The number of pyridine rings is 2. The fraction of sp³-hybridized carbons (Fsp3) is 0.0625. The van der Waals surface area contributed by atoms with Crippen LogP contribution in [-0.2, 0) is 0 Å². The van der Waals surface area contributed by atoms with Gasteiger partial charge in [-0.3, -0.25) is 9.20 Å². The molecule has 0 N–H and O–H groups in total. The number of aromatic nitrogens is 4. The van der Waals surface area contributed by atoms with Gasteiger partial charge in [-0.2, -0.15) is 0 Å². The van der Waals surface area contributed by atoms with E-state index in [0.717, 1.165) is 10.6 Å². The normalized spacial score (nSPS) is 11.4. The molecule has 4 heterocycles. The number of aryl methyl sites for hydroxylation is 1. The van der Waals surface area contributed by atoms with E-state index in [1.165, 1.54) is 24.3 Å². The highest BCUT2D eigenvalue weighted by atomic mass is 19.1. The van der Waals surface area contributed by atoms with Gasteiger partial charge in [-0.25, -0.2) is 18.7 Å². The van der Waals surface area contributed by atoms with Crippen molar-refractivity contribution in [2.24, 2.45) is 0 Å². The van der Waals surface area contributed by atoms with E-state index < -0.39 is 17.2 Å². The molecule has 0 aliphatic rings. The second-order valence-electron chi connectivity index (χ2n) is 5.25. The summed E-state index contributed by atoms with van der Waals surface area (Å²) < 4.78 is 30.0. The Morgan fingerprint density at radius 2 is 1.87 bits per heavy atom. The predicted molar refractivity (Wildman–Crippen MR) is 80.3 cm³/mol. The van der Waals surface area contributed by atoms with Crippen molar-refractivity contribution in [3.05, 3.63) is 70.5 Å². The Bertz CT molecular complexity index is 1130. The minimum atomic E-state index is -0.532. The van der Waals surface area contributed by atoms with Crippen LogP contribution in [0.25, 0.3) is 22.6 Å². The summed E-state index contributed by atoms with van der Waals surface area (Å²) in [6.07, 6.45) is 4.41. The number of hydrogen-bond acceptors (Lipinski definition) is 3. The molecule has 114 valence electrons. The molecule has 7 heteroatoms. The van der Waals surface area contributed by atoms with E-state index in [1.807, 2.05) is 0 Å². The second-order valence-corrected chi connectivity index (χ2v) is 5.25. The van der Waals surface area contributed by atoms with Crippen molar-refractivity contribution in [1.29, 1.82) is 0 Å². The van der Waals surface area contributed by atoms with Gasteiger partial charge in [-0.1, -0.05) is 0 Å². The third-order valence-electron chi connectivity index (χ3n) is 3.55. The third kappa shape index (κ3) is 2.17. The van der Waals surface area contributed by atoms with Crippen LogP contribution in [0.2, 0.25) is 0 Å². The van der Waals surface area contributed by atoms with Crippen LogP contribution in [0.4, 0.5) is 8.78 Å². The molecule has 0 aromatic carbocycles. The molecule has 0 aliphatic heterocycles. The van der Waals surface area contributed by atoms with Crippen molar-refractivity contribution in [3.63, 3.8) is 0 Å². The van der Waals surface area contributed by atoms with Crippen LogP contribution in [0, 0.1) is 18.6 Å². The molecule has 0 unspecified atom stereocenters. The van der Waals surface area contributed by atoms with E-state index in [9.17, 15) is 13.6 Å². The van der Waals surface area contributed by atoms with Crippen molar-refractivity contribution >= 4 is 11.3 Å². The minimum Gasteiger partial charge on any atom is -0.304 e. The Balaban J connectivity index is 1.98. The Kier molecular flexibility index (Phi) is 2.77. The highest BCUT2D eigenvalue weighted by Crippen LogP contribution is 2.20. The lowest BCUT2D eigenvalue weighted by molar-refractivity contribution is 0.617. The van der Waals surface area contributed by atoms with E-state index in [2.05, 4.69) is 9.97 Å². The standard InChI is InChI=1S/C16H10F2N4O/c1-9-6-21-7-10(4-12(18)16(21)19-9)13-5-15(23)22-8-11(17)2-3-14(22)20-13/h2-8H,1H3. The molecular formula is C16H10F2N4O. The monoisotopic (exact) mass is 312 g/mol. The topological polar surface area (TPSA) is 51.7 Å². The molecule has 4 rings (SSSR count). The molecule has 0 saturated carbocycles. The molecule has 0 aliphatic carbocycles. The molecule has 0 atom stereocenters. The van der Waals surface area contributed by atoms with Gasteiger partial charge in [0.05, 0.1) is 11.4 Å². The number of halogens is 2. The Morgan fingerprint density at radius 1 is 1.04 bits per heavy atom. The molecule has 4 aromatic rings. The number of nitrogens with zero attached hydrogens (tertiary/aromatic N) is 4. The first-order valence-corrected chi connectivity index (χ1v) is 6.85. The summed E-state index contributed by atoms with van der Waals surface area (Å²) in [5, 5.41) is 0. The zero-order valence-electron chi connectivity index (χ0n) is 12.0. The van der Waals surface area contributed by atoms with Gasteiger partial charge in [-0.15, -0.1) is 0 Å². The number of hydrogen-bond donors (Lipinski definition) is 0. The molecule has 0 spiro atoms. The molecule has 0 fully saturated rings. The predicted octanol–water partition coefficient (Wildman–Crippen LogP) is 2.60. The fourth-order valence-electron chi connectivity index (χ4n) is 2.54. The lowest BCUT2D eigenvalue weighted by Crippen LogP contribution is -2.14. The summed E-state index contributed by atoms with van der Waals surface area (Å²) in [5.74, 6) is -1.03. The summed E-state index contributed by atoms with van der Waals surface area (Å²) in [5.41, 5.74) is 1.50. The SMILES string of the molecule is Cc1cn2cc(-c3cc(=O)n4cc(F)ccc4n3)cc(F)c2n1. The molecule has 23 heavy (non-hydrogen) atoms. The van der Waals surface area contributed by atoms with E-state index in [1.54, 1.807) is 23.7 Å². The van der Waals surface area contributed by atoms with E-state index in [0.29, 0.717) is 17.0 Å². The second kappa shape index (κ2) is 4.70. The molecule has 4 aromatic heterocycles. The molecule has 0 saturated heterocycles. The Hall–Kier alpha value is -3.09. The van der Waals surface area contributed by atoms with Crippen molar-refractivity contribution in [1.82, 2.24) is 18.8 Å². The van der Waals surface area contributed by atoms with Gasteiger partial charge in [-0.05, 0) is 25.1 Å². The highest BCUT2D eigenvalue weighted by molar-refractivity contribution is 5.63. The maximum absolute atomic E-state index is 14.2. The van der Waals surface area contributed by atoms with Crippen LogP contribution in [-0.4, -0.2) is 18.8 Å². The van der Waals surface area contributed by atoms with Crippen LogP contribution in [0.1, 0.15) is 5.69 Å². The van der Waals surface area contributed by atoms with Crippen LogP contribution in [0.5, 0.6) is 0 Å². The Labute approximate surface area is 128 Å². The maximum atomic E-state index is 14.2. The largest absolute Gasteiger partial charge is 0.304 e. The molecule has 5 nitrogen and oxygen atoms in total. The van der Waals surface area contributed by atoms with Crippen molar-refractivity contribution in [3.8, 4) is 11.3 Å². The fourth-order valence-corrected chi connectivity index (χ4v) is 2.54. The van der Waals surface area contributed by atoms with Gasteiger partial charge in [0, 0.05) is 30.2 Å². The Morgan fingerprint density at radius 3 is 2.70 bits per heavy atom. The summed E-state index contributed by atoms with van der Waals surface area (Å²) in [7, 11) is 0. The third-order valence-corrected chi connectivity index (χ3v) is 3.55. The summed E-state index contributed by atoms with van der Waals surface area (Å²) >= 11 is 0. The number of imidazole rings is 1. The molecule has 0 radical (unpaired) electrons. The van der Waals surface area contributed by atoms with Gasteiger partial charge in [0.1, 0.15) is 11.5 Å². The average molecular weight is 312 g/mol. The molecular weight excluding hydrogens is 302 g/mol. The summed E-state index contributed by atoms with van der Waals surface area (Å²) in [4.78, 5) is 20.5. The van der Waals surface area contributed by atoms with Gasteiger partial charge in [0.15, 0.2) is 11.5 Å². The van der Waals surface area contributed by atoms with Crippen molar-refractivity contribution in [2.75, 3.05) is 0 Å². The first-order valence-electron chi connectivity index (χ1n) is 6.85. The smallest absolute Gasteiger partial charge is 0.258 e. The van der Waals surface area contributed by atoms with Crippen molar-refractivity contribution in [2.45, 2.75) is 6.92 Å². The highest BCUT2D eigenvalue weighted by Gasteiger charge is 2.11. The van der Waals surface area contributed by atoms with Gasteiger partial charge in [0.2, 0.25) is 0 Å². The lowest BCUT2D eigenvalue weighted by atomic mass is 10.2. The first-order chi connectivity index (χ1) is 11.0. The van der Waals surface area contributed by atoms with Crippen molar-refractivity contribution < 1.29 is 8.78 Å². The van der Waals surface area contributed by atoms with Gasteiger partial charge in [0.25, 0.3) is 5.56 Å². The number of fused-ring (bicyclic) bond motifs is 2. The average Bonchev–Trinajstić information content (AvgIpc) is 2.89. The van der Waals surface area contributed by atoms with Crippen LogP contribution in [0.15, 0.2) is 47.7 Å². The summed E-state index contributed by atoms with van der Waals surface area (Å²) in [6.45, 7) is 1.77. The van der Waals surface area contributed by atoms with Gasteiger partial charge < -0.3 is 4.40 Å². The van der Waals surface area contributed by atoms with Gasteiger partial charge >= 0.3 is 0 Å². The maximum Gasteiger partial charge on any atom is 0.258 e. The zero-order valence-corrected chi connectivity index (χ0v) is 12.0. The quantitative estimate of drug-likeness (QED) is 0.543. The first kappa shape index (κ1) is 13.6. The minimum absolute atomic E-state index is 0.214. The lowest BCUT2D eigenvalue weighted by Gasteiger charge is -2.06. The van der Waals surface area contributed by atoms with E-state index in [-0.39, 0.29) is 11.3 Å². The summed E-state index contributed by atoms with van der Waals surface area (Å²) in [6, 6.07) is 5.14. The zero-order chi connectivity index (χ0) is 16.1. The van der Waals surface area contributed by atoms with Crippen LogP contribution < -0.4 is 5.56 Å². The number of rotatable bonds is 1. The van der Waals surface area contributed by atoms with E-state index >= 15 is 0 Å².